The van der Waals surface area contributed by atoms with Gasteiger partial charge < -0.3 is 18.9 Å². The molecule has 2 aromatic heterocycles. The van der Waals surface area contributed by atoms with Gasteiger partial charge >= 0.3 is 0 Å². The first-order chi connectivity index (χ1) is 14.6. The Bertz CT molecular complexity index is 1130. The predicted molar refractivity (Wildman–Crippen MR) is 112 cm³/mol. The monoisotopic (exact) mass is 403 g/mol. The average Bonchev–Trinajstić information content (AvgIpc) is 3.46. The van der Waals surface area contributed by atoms with Crippen molar-refractivity contribution in [1.29, 1.82) is 0 Å². The minimum atomic E-state index is -0.257. The first-order valence-electron chi connectivity index (χ1n) is 9.69. The van der Waals surface area contributed by atoms with Gasteiger partial charge in [-0.1, -0.05) is 25.1 Å². The number of nitrogens with zero attached hydrogens (tertiary/aromatic N) is 2. The van der Waals surface area contributed by atoms with Crippen molar-refractivity contribution in [3.8, 4) is 28.9 Å². The molecule has 2 heterocycles. The summed E-state index contributed by atoms with van der Waals surface area (Å²) in [4.78, 5) is 12.9. The van der Waals surface area contributed by atoms with E-state index in [4.69, 9.17) is 13.6 Å². The number of benzene rings is 2. The van der Waals surface area contributed by atoms with Crippen LogP contribution in [0.3, 0.4) is 0 Å². The lowest BCUT2D eigenvalue weighted by molar-refractivity contribution is 0.102. The maximum absolute atomic E-state index is 12.9. The van der Waals surface area contributed by atoms with Crippen LogP contribution in [-0.2, 0) is 0 Å². The maximum atomic E-state index is 12.9. The van der Waals surface area contributed by atoms with Crippen LogP contribution in [0, 0.1) is 0 Å². The number of carbonyl (C=O) groups is 1. The van der Waals surface area contributed by atoms with Gasteiger partial charge in [-0.2, -0.15) is 0 Å². The fraction of sp³-hybridized carbons (Fsp3) is 0.174. The van der Waals surface area contributed by atoms with Gasteiger partial charge in [-0.25, -0.2) is 0 Å². The highest BCUT2D eigenvalue weighted by atomic mass is 16.5. The zero-order valence-electron chi connectivity index (χ0n) is 16.7. The van der Waals surface area contributed by atoms with Crippen molar-refractivity contribution in [3.05, 3.63) is 72.5 Å². The Morgan fingerprint density at radius 3 is 2.70 bits per heavy atom. The normalized spacial score (nSPS) is 11.8. The highest BCUT2D eigenvalue weighted by Gasteiger charge is 2.16. The van der Waals surface area contributed by atoms with E-state index < -0.39 is 0 Å². The summed E-state index contributed by atoms with van der Waals surface area (Å²) in [7, 11) is 0. The van der Waals surface area contributed by atoms with E-state index in [0.29, 0.717) is 40.1 Å². The number of hydrogen-bond donors (Lipinski definition) is 1. The van der Waals surface area contributed by atoms with Crippen molar-refractivity contribution in [2.24, 2.45) is 0 Å². The van der Waals surface area contributed by atoms with E-state index in [2.05, 4.69) is 15.5 Å². The van der Waals surface area contributed by atoms with Crippen LogP contribution in [0.5, 0.6) is 5.75 Å². The summed E-state index contributed by atoms with van der Waals surface area (Å²) in [5.74, 6) is 1.42. The van der Waals surface area contributed by atoms with Gasteiger partial charge in [-0.05, 0) is 55.8 Å². The summed E-state index contributed by atoms with van der Waals surface area (Å²) in [6.07, 6.45) is 2.41. The molecule has 152 valence electrons. The van der Waals surface area contributed by atoms with E-state index in [1.54, 1.807) is 36.4 Å². The number of hydrogen-bond acceptors (Lipinski definition) is 6. The van der Waals surface area contributed by atoms with Crippen LogP contribution >= 0.6 is 0 Å². The van der Waals surface area contributed by atoms with Crippen molar-refractivity contribution in [1.82, 2.24) is 10.2 Å². The van der Waals surface area contributed by atoms with Gasteiger partial charge in [0, 0.05) is 11.3 Å². The van der Waals surface area contributed by atoms with E-state index in [9.17, 15) is 4.79 Å². The Morgan fingerprint density at radius 1 is 1.07 bits per heavy atom. The number of carbonyl (C=O) groups excluding carboxylic acids is 1. The fourth-order valence-electron chi connectivity index (χ4n) is 2.83. The second-order valence-corrected chi connectivity index (χ2v) is 6.76. The number of amides is 1. The van der Waals surface area contributed by atoms with Crippen molar-refractivity contribution in [2.75, 3.05) is 5.32 Å². The van der Waals surface area contributed by atoms with Crippen LogP contribution in [0.4, 0.5) is 5.69 Å². The van der Waals surface area contributed by atoms with Gasteiger partial charge in [0.05, 0.1) is 17.9 Å². The molecule has 7 heteroatoms. The second kappa shape index (κ2) is 8.65. The number of anilines is 1. The maximum Gasteiger partial charge on any atom is 0.283 e. The molecule has 1 N–H and O–H groups in total. The molecule has 0 saturated heterocycles. The molecule has 0 fully saturated rings. The lowest BCUT2D eigenvalue weighted by Gasteiger charge is -2.16. The third kappa shape index (κ3) is 4.25. The molecule has 1 amide bonds. The third-order valence-corrected chi connectivity index (χ3v) is 4.56. The van der Waals surface area contributed by atoms with Gasteiger partial charge in [0.25, 0.3) is 11.8 Å². The molecule has 1 unspecified atom stereocenters. The van der Waals surface area contributed by atoms with E-state index in [1.165, 1.54) is 6.26 Å². The minimum Gasteiger partial charge on any atom is -0.490 e. The zero-order chi connectivity index (χ0) is 20.9. The zero-order valence-corrected chi connectivity index (χ0v) is 16.7. The van der Waals surface area contributed by atoms with Crippen molar-refractivity contribution in [2.45, 2.75) is 26.4 Å². The molecule has 1 atom stereocenters. The van der Waals surface area contributed by atoms with Crippen molar-refractivity contribution >= 4 is 11.6 Å². The molecular formula is C23H21N3O4. The summed E-state index contributed by atoms with van der Waals surface area (Å²) in [5, 5.41) is 11.0. The quantitative estimate of drug-likeness (QED) is 0.443. The molecular weight excluding hydrogens is 382 g/mol. The molecule has 4 aromatic rings. The van der Waals surface area contributed by atoms with Crippen LogP contribution in [0.2, 0.25) is 0 Å². The molecule has 0 radical (unpaired) electrons. The molecule has 0 saturated carbocycles. The van der Waals surface area contributed by atoms with Gasteiger partial charge in [-0.15, -0.1) is 10.2 Å². The second-order valence-electron chi connectivity index (χ2n) is 6.76. The Hall–Kier alpha value is -3.87. The summed E-state index contributed by atoms with van der Waals surface area (Å²) in [5.41, 5.74) is 1.76. The van der Waals surface area contributed by atoms with E-state index in [0.717, 1.165) is 6.42 Å². The number of furan rings is 1. The first kappa shape index (κ1) is 19.4. The lowest BCUT2D eigenvalue weighted by atomic mass is 10.1. The standard InChI is InChI=1S/C23H21N3O4/c1-3-15(2)29-19-11-5-4-10-18(19)21(27)24-17-9-6-8-16(14-17)22-25-26-23(30-22)20-12-7-13-28-20/h4-15H,3H2,1-2H3,(H,24,27). The number of nitrogens with one attached hydrogen (secondary N) is 1. The summed E-state index contributed by atoms with van der Waals surface area (Å²) in [6, 6.07) is 17.9. The molecule has 0 aliphatic rings. The van der Waals surface area contributed by atoms with Crippen LogP contribution < -0.4 is 10.1 Å². The topological polar surface area (TPSA) is 90.4 Å². The Morgan fingerprint density at radius 2 is 1.90 bits per heavy atom. The Kier molecular flexibility index (Phi) is 5.61. The van der Waals surface area contributed by atoms with Crippen molar-refractivity contribution < 1.29 is 18.4 Å². The number of para-hydroxylation sites is 1. The summed E-state index contributed by atoms with van der Waals surface area (Å²) in [6.45, 7) is 4.01. The van der Waals surface area contributed by atoms with Crippen LogP contribution in [0.1, 0.15) is 30.6 Å². The largest absolute Gasteiger partial charge is 0.490 e. The predicted octanol–water partition coefficient (Wildman–Crippen LogP) is 5.43. The SMILES string of the molecule is CCC(C)Oc1ccccc1C(=O)Nc1cccc(-c2nnc(-c3ccco3)o2)c1. The van der Waals surface area contributed by atoms with Crippen LogP contribution in [0.25, 0.3) is 23.1 Å². The molecule has 0 bridgehead atoms. The highest BCUT2D eigenvalue weighted by molar-refractivity contribution is 6.06. The van der Waals surface area contributed by atoms with Crippen LogP contribution in [-0.4, -0.2) is 22.2 Å². The van der Waals surface area contributed by atoms with Gasteiger partial charge in [0.2, 0.25) is 5.89 Å². The fourth-order valence-corrected chi connectivity index (χ4v) is 2.83. The molecule has 0 aliphatic heterocycles. The average molecular weight is 403 g/mol. The van der Waals surface area contributed by atoms with Gasteiger partial charge in [0.15, 0.2) is 5.76 Å². The molecule has 0 spiro atoms. The Labute approximate surface area is 173 Å². The highest BCUT2D eigenvalue weighted by Crippen LogP contribution is 2.27. The van der Waals surface area contributed by atoms with Crippen LogP contribution in [0.15, 0.2) is 75.8 Å². The molecule has 0 aliphatic carbocycles. The minimum absolute atomic E-state index is 0.0168. The smallest absolute Gasteiger partial charge is 0.283 e. The van der Waals surface area contributed by atoms with E-state index in [1.807, 2.05) is 38.1 Å². The lowest BCUT2D eigenvalue weighted by Crippen LogP contribution is -2.16. The van der Waals surface area contributed by atoms with Gasteiger partial charge in [0.1, 0.15) is 5.75 Å². The third-order valence-electron chi connectivity index (χ3n) is 4.56. The molecule has 7 nitrogen and oxygen atoms in total. The summed E-state index contributed by atoms with van der Waals surface area (Å²) < 4.78 is 16.8. The van der Waals surface area contributed by atoms with Crippen molar-refractivity contribution in [3.63, 3.8) is 0 Å². The summed E-state index contributed by atoms with van der Waals surface area (Å²) >= 11 is 0. The molecule has 4 rings (SSSR count). The number of rotatable bonds is 7. The Balaban J connectivity index is 1.54. The van der Waals surface area contributed by atoms with E-state index in [-0.39, 0.29) is 12.0 Å². The number of aromatic nitrogens is 2. The first-order valence-corrected chi connectivity index (χ1v) is 9.69. The molecule has 2 aromatic carbocycles. The number of ether oxygens (including phenoxy) is 1. The molecule has 30 heavy (non-hydrogen) atoms. The van der Waals surface area contributed by atoms with Gasteiger partial charge in [-0.3, -0.25) is 4.79 Å². The van der Waals surface area contributed by atoms with E-state index >= 15 is 0 Å².